The molecule has 3 nitrogen and oxygen atoms in total. The van der Waals surface area contributed by atoms with Crippen LogP contribution in [0.1, 0.15) is 51.1 Å². The summed E-state index contributed by atoms with van der Waals surface area (Å²) in [4.78, 5) is 0. The summed E-state index contributed by atoms with van der Waals surface area (Å²) >= 11 is 0. The second kappa shape index (κ2) is 6.55. The first-order chi connectivity index (χ1) is 8.86. The molecular formula is C15H23N3. The van der Waals surface area contributed by atoms with E-state index in [-0.39, 0.29) is 0 Å². The van der Waals surface area contributed by atoms with Gasteiger partial charge in [-0.25, -0.2) is 4.52 Å². The molecule has 0 saturated heterocycles. The molecule has 18 heavy (non-hydrogen) atoms. The van der Waals surface area contributed by atoms with E-state index < -0.39 is 0 Å². The van der Waals surface area contributed by atoms with E-state index in [2.05, 4.69) is 36.4 Å². The van der Waals surface area contributed by atoms with Crippen LogP contribution in [0.25, 0.3) is 5.52 Å². The van der Waals surface area contributed by atoms with Crippen molar-refractivity contribution in [3.8, 4) is 0 Å². The Morgan fingerprint density at radius 2 is 2.17 bits per heavy atom. The number of nitrogens with zero attached hydrogens (tertiary/aromatic N) is 2. The fraction of sp³-hybridized carbons (Fsp3) is 0.533. The summed E-state index contributed by atoms with van der Waals surface area (Å²) in [6, 6.07) is 6.67. The van der Waals surface area contributed by atoms with Gasteiger partial charge in [0.1, 0.15) is 0 Å². The van der Waals surface area contributed by atoms with Gasteiger partial charge in [0.2, 0.25) is 0 Å². The van der Waals surface area contributed by atoms with Crippen LogP contribution in [0.5, 0.6) is 0 Å². The van der Waals surface area contributed by atoms with Crippen LogP contribution >= 0.6 is 0 Å². The van der Waals surface area contributed by atoms with Crippen molar-refractivity contribution < 1.29 is 0 Å². The molecule has 0 bridgehead atoms. The highest BCUT2D eigenvalue weighted by atomic mass is 15.2. The number of hydrogen-bond acceptors (Lipinski definition) is 2. The summed E-state index contributed by atoms with van der Waals surface area (Å²) < 4.78 is 1.96. The monoisotopic (exact) mass is 245 g/mol. The fourth-order valence-corrected chi connectivity index (χ4v) is 2.44. The Kier molecular flexibility index (Phi) is 4.76. The molecular weight excluding hydrogens is 222 g/mol. The first-order valence-corrected chi connectivity index (χ1v) is 7.02. The van der Waals surface area contributed by atoms with Gasteiger partial charge in [-0.1, -0.05) is 39.2 Å². The van der Waals surface area contributed by atoms with Crippen LogP contribution in [0.4, 0.5) is 0 Å². The molecule has 0 radical (unpaired) electrons. The summed E-state index contributed by atoms with van der Waals surface area (Å²) in [6.07, 6.45) is 9.06. The Balaban J connectivity index is 2.18. The molecule has 3 heteroatoms. The quantitative estimate of drug-likeness (QED) is 0.756. The molecule has 0 spiro atoms. The minimum Gasteiger partial charge on any atom is -0.310 e. The van der Waals surface area contributed by atoms with Gasteiger partial charge >= 0.3 is 0 Å². The Hall–Kier alpha value is -1.35. The zero-order valence-corrected chi connectivity index (χ0v) is 11.4. The van der Waals surface area contributed by atoms with Crippen LogP contribution in [-0.2, 0) is 0 Å². The van der Waals surface area contributed by atoms with E-state index in [4.69, 9.17) is 0 Å². The number of nitrogens with one attached hydrogen (secondary N) is 1. The maximum Gasteiger partial charge on any atom is 0.0709 e. The van der Waals surface area contributed by atoms with Gasteiger partial charge in [-0.15, -0.1) is 0 Å². The molecule has 0 saturated carbocycles. The summed E-state index contributed by atoms with van der Waals surface area (Å²) in [7, 11) is 0. The van der Waals surface area contributed by atoms with Gasteiger partial charge in [0.15, 0.2) is 0 Å². The van der Waals surface area contributed by atoms with E-state index in [1.807, 2.05) is 23.0 Å². The Labute approximate surface area is 109 Å². The number of hydrogen-bond donors (Lipinski definition) is 1. The third-order valence-electron chi connectivity index (χ3n) is 3.38. The summed E-state index contributed by atoms with van der Waals surface area (Å²) in [5.74, 6) is 0. The zero-order chi connectivity index (χ0) is 12.8. The normalized spacial score (nSPS) is 13.0. The van der Waals surface area contributed by atoms with E-state index in [1.54, 1.807) is 0 Å². The van der Waals surface area contributed by atoms with Crippen LogP contribution < -0.4 is 5.32 Å². The lowest BCUT2D eigenvalue weighted by Crippen LogP contribution is -2.20. The van der Waals surface area contributed by atoms with Gasteiger partial charge in [0, 0.05) is 17.8 Å². The standard InChI is InChI=1S/C15H23N3/c1-3-5-6-9-14(16-4-2)13-12-17-18-11-8-7-10-15(13)18/h7-8,10-12,14,16H,3-6,9H2,1-2H3. The van der Waals surface area contributed by atoms with Gasteiger partial charge in [-0.05, 0) is 25.1 Å². The van der Waals surface area contributed by atoms with Gasteiger partial charge in [0.05, 0.1) is 11.7 Å². The molecule has 98 valence electrons. The Morgan fingerprint density at radius 3 is 2.94 bits per heavy atom. The minimum atomic E-state index is 0.432. The number of rotatable bonds is 7. The Morgan fingerprint density at radius 1 is 1.28 bits per heavy atom. The SMILES string of the molecule is CCCCCC(NCC)c1cnn2ccccc12. The highest BCUT2D eigenvalue weighted by molar-refractivity contribution is 5.54. The van der Waals surface area contributed by atoms with Crippen molar-refractivity contribution >= 4 is 5.52 Å². The highest BCUT2D eigenvalue weighted by Crippen LogP contribution is 2.23. The molecule has 0 fully saturated rings. The van der Waals surface area contributed by atoms with E-state index in [0.29, 0.717) is 6.04 Å². The van der Waals surface area contributed by atoms with Crippen LogP contribution in [-0.4, -0.2) is 16.2 Å². The highest BCUT2D eigenvalue weighted by Gasteiger charge is 2.14. The largest absolute Gasteiger partial charge is 0.310 e. The van der Waals surface area contributed by atoms with Crippen molar-refractivity contribution in [1.82, 2.24) is 14.9 Å². The summed E-state index contributed by atoms with van der Waals surface area (Å²) in [6.45, 7) is 5.41. The lowest BCUT2D eigenvalue weighted by atomic mass is 10.0. The lowest BCUT2D eigenvalue weighted by molar-refractivity contribution is 0.489. The topological polar surface area (TPSA) is 29.3 Å². The molecule has 2 heterocycles. The van der Waals surface area contributed by atoms with Gasteiger partial charge < -0.3 is 5.32 Å². The second-order valence-corrected chi connectivity index (χ2v) is 4.74. The first-order valence-electron chi connectivity index (χ1n) is 7.02. The van der Waals surface area contributed by atoms with Crippen LogP contribution in [0.3, 0.4) is 0 Å². The predicted molar refractivity (Wildman–Crippen MR) is 75.8 cm³/mol. The number of fused-ring (bicyclic) bond motifs is 1. The van der Waals surface area contributed by atoms with Crippen LogP contribution in [0.2, 0.25) is 0 Å². The van der Waals surface area contributed by atoms with E-state index in [9.17, 15) is 0 Å². The molecule has 0 aromatic carbocycles. The number of aromatic nitrogens is 2. The van der Waals surface area contributed by atoms with Crippen molar-refractivity contribution in [2.45, 2.75) is 45.6 Å². The van der Waals surface area contributed by atoms with Crippen molar-refractivity contribution in [2.75, 3.05) is 6.54 Å². The average molecular weight is 245 g/mol. The number of pyridine rings is 1. The van der Waals surface area contributed by atoms with Gasteiger partial charge in [-0.3, -0.25) is 0 Å². The summed E-state index contributed by atoms with van der Waals surface area (Å²) in [5.41, 5.74) is 2.55. The number of unbranched alkanes of at least 4 members (excludes halogenated alkanes) is 2. The van der Waals surface area contributed by atoms with Crippen molar-refractivity contribution in [1.29, 1.82) is 0 Å². The van der Waals surface area contributed by atoms with E-state index in [0.717, 1.165) is 6.54 Å². The molecule has 0 aliphatic heterocycles. The van der Waals surface area contributed by atoms with Crippen molar-refractivity contribution in [2.24, 2.45) is 0 Å². The molecule has 0 aliphatic rings. The van der Waals surface area contributed by atoms with Crippen molar-refractivity contribution in [3.05, 3.63) is 36.2 Å². The predicted octanol–water partition coefficient (Wildman–Crippen LogP) is 3.57. The average Bonchev–Trinajstić information content (AvgIpc) is 2.82. The summed E-state index contributed by atoms with van der Waals surface area (Å²) in [5, 5.41) is 8.01. The maximum absolute atomic E-state index is 4.43. The lowest BCUT2D eigenvalue weighted by Gasteiger charge is -2.16. The molecule has 2 aromatic rings. The Bertz CT molecular complexity index is 475. The van der Waals surface area contributed by atoms with E-state index >= 15 is 0 Å². The molecule has 0 aliphatic carbocycles. The fourth-order valence-electron chi connectivity index (χ4n) is 2.44. The first kappa shape index (κ1) is 13.1. The van der Waals surface area contributed by atoms with Crippen molar-refractivity contribution in [3.63, 3.8) is 0 Å². The minimum absolute atomic E-state index is 0.432. The molecule has 1 unspecified atom stereocenters. The third kappa shape index (κ3) is 2.91. The van der Waals surface area contributed by atoms with E-state index in [1.165, 1.54) is 36.8 Å². The molecule has 1 atom stereocenters. The van der Waals surface area contributed by atoms with Gasteiger partial charge in [0.25, 0.3) is 0 Å². The molecule has 0 amide bonds. The third-order valence-corrected chi connectivity index (χ3v) is 3.38. The molecule has 1 N–H and O–H groups in total. The molecule has 2 rings (SSSR count). The second-order valence-electron chi connectivity index (χ2n) is 4.74. The molecule has 2 aromatic heterocycles. The van der Waals surface area contributed by atoms with Crippen LogP contribution in [0, 0.1) is 0 Å². The smallest absolute Gasteiger partial charge is 0.0709 e. The van der Waals surface area contributed by atoms with Gasteiger partial charge in [-0.2, -0.15) is 5.10 Å². The maximum atomic E-state index is 4.43. The zero-order valence-electron chi connectivity index (χ0n) is 11.4. The van der Waals surface area contributed by atoms with Crippen LogP contribution in [0.15, 0.2) is 30.6 Å².